The highest BCUT2D eigenvalue weighted by Crippen LogP contribution is 2.58. The molecule has 0 aliphatic heterocycles. The molecule has 0 aromatic heterocycles. The largest absolute Gasteiger partial charge is 0.262 e. The van der Waals surface area contributed by atoms with Crippen LogP contribution in [-0.2, 0) is 0 Å². The molecular weight excluding hydrogens is 672 g/mol. The molecule has 1 saturated carbocycles. The van der Waals surface area contributed by atoms with E-state index in [2.05, 4.69) is 9.69 Å². The number of benzene rings is 3. The predicted octanol–water partition coefficient (Wildman–Crippen LogP) is 8.25. The summed E-state index contributed by atoms with van der Waals surface area (Å²) in [5, 5.41) is 37.5. The molecule has 234 valence electrons. The van der Waals surface area contributed by atoms with Crippen molar-refractivity contribution in [1.82, 2.24) is 0 Å². The lowest BCUT2D eigenvalue weighted by Crippen LogP contribution is -2.06. The van der Waals surface area contributed by atoms with Crippen LogP contribution in [0.5, 0.6) is 0 Å². The van der Waals surface area contributed by atoms with Crippen molar-refractivity contribution in [1.29, 1.82) is 21.0 Å². The van der Waals surface area contributed by atoms with Gasteiger partial charge in [0.15, 0.2) is 64.0 Å². The quantitative estimate of drug-likeness (QED) is 0.0919. The monoisotopic (exact) mass is 672 g/mol. The molecule has 0 bridgehead atoms. The molecule has 0 N–H and O–H groups in total. The summed E-state index contributed by atoms with van der Waals surface area (Å²) in [7, 11) is 0. The van der Waals surface area contributed by atoms with E-state index in [1.165, 1.54) is 0 Å². The molecule has 0 atom stereocenters. The highest BCUT2D eigenvalue weighted by molar-refractivity contribution is 6.11. The van der Waals surface area contributed by atoms with E-state index >= 15 is 22.0 Å². The first-order chi connectivity index (χ1) is 22.6. The summed E-state index contributed by atoms with van der Waals surface area (Å²) < 4.78 is 177. The molecule has 0 unspecified atom stereocenters. The third-order valence-corrected chi connectivity index (χ3v) is 6.60. The number of rotatable bonds is 3. The van der Waals surface area contributed by atoms with Crippen molar-refractivity contribution >= 4 is 22.5 Å². The van der Waals surface area contributed by atoms with Gasteiger partial charge in [-0.15, -0.1) is 0 Å². The average Bonchev–Trinajstić information content (AvgIpc) is 3.78. The Morgan fingerprint density at radius 3 is 1.15 bits per heavy atom. The van der Waals surface area contributed by atoms with Gasteiger partial charge in [0.25, 0.3) is 5.69 Å². The Hall–Kier alpha value is -7.02. The third kappa shape index (κ3) is 4.57. The molecular formula is C30F12N6. The van der Waals surface area contributed by atoms with Gasteiger partial charge in [0.2, 0.25) is 5.70 Å². The van der Waals surface area contributed by atoms with Crippen molar-refractivity contribution in [3.8, 4) is 24.3 Å². The number of nitriles is 4. The summed E-state index contributed by atoms with van der Waals surface area (Å²) in [6.07, 6.45) is 0. The van der Waals surface area contributed by atoms with Gasteiger partial charge in [-0.05, 0) is 16.7 Å². The van der Waals surface area contributed by atoms with Gasteiger partial charge in [-0.1, -0.05) is 0 Å². The zero-order valence-electron chi connectivity index (χ0n) is 22.2. The van der Waals surface area contributed by atoms with E-state index in [1.54, 1.807) is 0 Å². The van der Waals surface area contributed by atoms with Crippen LogP contribution in [0, 0.1) is 128 Å². The van der Waals surface area contributed by atoms with E-state index in [-0.39, 0.29) is 0 Å². The molecule has 1 aliphatic carbocycles. The number of hydrogen-bond acceptors (Lipinski definition) is 4. The number of allylic oxidation sites excluding steroid dienone is 5. The second-order valence-electron chi connectivity index (χ2n) is 8.89. The first-order valence-corrected chi connectivity index (χ1v) is 11.8. The Balaban J connectivity index is 2.39. The summed E-state index contributed by atoms with van der Waals surface area (Å²) in [6, 6.07) is 3.52. The second-order valence-corrected chi connectivity index (χ2v) is 8.89. The Bertz CT molecular complexity index is 2260. The first-order valence-electron chi connectivity index (χ1n) is 11.8. The maximum atomic E-state index is 15.2. The molecule has 0 spiro atoms. The summed E-state index contributed by atoms with van der Waals surface area (Å²) in [4.78, 5) is 4.87. The van der Waals surface area contributed by atoms with Gasteiger partial charge in [0.1, 0.15) is 41.2 Å². The van der Waals surface area contributed by atoms with Crippen molar-refractivity contribution in [2.24, 2.45) is 0 Å². The molecule has 1 fully saturated rings. The fourth-order valence-electron chi connectivity index (χ4n) is 4.46. The van der Waals surface area contributed by atoms with E-state index in [0.717, 1.165) is 24.3 Å². The third-order valence-electron chi connectivity index (χ3n) is 6.60. The van der Waals surface area contributed by atoms with Crippen LogP contribution in [0.15, 0.2) is 16.7 Å². The lowest BCUT2D eigenvalue weighted by molar-refractivity contribution is 0.430. The molecule has 0 heterocycles. The summed E-state index contributed by atoms with van der Waals surface area (Å²) >= 11 is 0. The summed E-state index contributed by atoms with van der Waals surface area (Å²) in [5.41, 5.74) is -21.2. The molecule has 0 amide bonds. The highest BCUT2D eigenvalue weighted by atomic mass is 19.2. The van der Waals surface area contributed by atoms with Gasteiger partial charge < -0.3 is 0 Å². The van der Waals surface area contributed by atoms with Crippen LogP contribution in [-0.4, -0.2) is 0 Å². The van der Waals surface area contributed by atoms with Gasteiger partial charge in [0, 0.05) is 0 Å². The summed E-state index contributed by atoms with van der Waals surface area (Å²) in [5.74, 6) is -29.8. The highest BCUT2D eigenvalue weighted by Gasteiger charge is 2.46. The molecule has 1 aliphatic rings. The van der Waals surface area contributed by atoms with E-state index in [4.69, 9.17) is 23.7 Å². The summed E-state index contributed by atoms with van der Waals surface area (Å²) in [6.45, 7) is 14.1. The fourth-order valence-corrected chi connectivity index (χ4v) is 4.46. The Morgan fingerprint density at radius 2 is 0.792 bits per heavy atom. The normalized spacial score (nSPS) is 14.9. The standard InChI is InChI=1S/C30F12N6/c1-47-29(16-17(31)9(5-45)20(34)26(40)25(16)39)15-11(7(3-43)13-21(35)18(32)10(6-46)19(33)22(13)36)12(15)8(4-44)14-23(37)27(41)30(48-2)28(42)24(14)38/b11-7+,12-8-,29-15-. The van der Waals surface area contributed by atoms with E-state index in [0.29, 0.717) is 0 Å². The molecule has 3 aromatic rings. The van der Waals surface area contributed by atoms with Gasteiger partial charge in [-0.25, -0.2) is 62.4 Å². The minimum absolute atomic E-state index is 0.773. The van der Waals surface area contributed by atoms with Gasteiger partial charge >= 0.3 is 0 Å². The van der Waals surface area contributed by atoms with Crippen molar-refractivity contribution in [3.63, 3.8) is 0 Å². The smallest absolute Gasteiger partial charge is 0.237 e. The molecule has 48 heavy (non-hydrogen) atoms. The molecule has 18 heteroatoms. The second kappa shape index (κ2) is 12.1. The van der Waals surface area contributed by atoms with Crippen molar-refractivity contribution < 1.29 is 52.7 Å². The van der Waals surface area contributed by atoms with Gasteiger partial charge in [-0.3, -0.25) is 0 Å². The van der Waals surface area contributed by atoms with Crippen LogP contribution in [0.25, 0.3) is 26.5 Å². The van der Waals surface area contributed by atoms with Crippen molar-refractivity contribution in [2.45, 2.75) is 0 Å². The van der Waals surface area contributed by atoms with Crippen LogP contribution in [0.1, 0.15) is 27.8 Å². The fraction of sp³-hybridized carbons (Fsp3) is 0. The zero-order valence-corrected chi connectivity index (χ0v) is 22.2. The SMILES string of the molecule is [C-]#[N+]/C(=C1/C(=C(\C#N)c2c(F)c(F)c(C#N)c(F)c2F)/C1=C(\C#N)c1c(F)c(F)c([N+]#[C-])c(F)c1F)c1c(F)c(F)c(F)c(C#N)c1F. The van der Waals surface area contributed by atoms with E-state index in [1.807, 2.05) is 0 Å². The van der Waals surface area contributed by atoms with Crippen LogP contribution >= 0.6 is 0 Å². The maximum absolute atomic E-state index is 15.2. The zero-order chi connectivity index (χ0) is 36.1. The van der Waals surface area contributed by atoms with Crippen LogP contribution in [0.3, 0.4) is 0 Å². The van der Waals surface area contributed by atoms with Gasteiger partial charge in [0.05, 0.1) is 41.0 Å². The molecule has 4 rings (SSSR count). The van der Waals surface area contributed by atoms with E-state index in [9.17, 15) is 41.3 Å². The van der Waals surface area contributed by atoms with Crippen LogP contribution in [0.4, 0.5) is 58.4 Å². The number of halogens is 12. The maximum Gasteiger partial charge on any atom is 0.262 e. The van der Waals surface area contributed by atoms with Crippen molar-refractivity contribution in [2.75, 3.05) is 0 Å². The van der Waals surface area contributed by atoms with Gasteiger partial charge in [-0.2, -0.15) is 21.0 Å². The number of hydrogen-bond donors (Lipinski definition) is 0. The van der Waals surface area contributed by atoms with E-state index < -0.39 is 137 Å². The molecule has 3 aromatic carbocycles. The minimum Gasteiger partial charge on any atom is -0.237 e. The lowest BCUT2D eigenvalue weighted by Gasteiger charge is -2.08. The van der Waals surface area contributed by atoms with Crippen LogP contribution in [0.2, 0.25) is 0 Å². The molecule has 0 radical (unpaired) electrons. The molecule has 6 nitrogen and oxygen atoms in total. The first kappa shape index (κ1) is 33.9. The minimum atomic E-state index is -2.60. The lowest BCUT2D eigenvalue weighted by atomic mass is 9.99. The van der Waals surface area contributed by atoms with Crippen molar-refractivity contribution in [3.05, 3.63) is 137 Å². The topological polar surface area (TPSA) is 104 Å². The Labute approximate surface area is 258 Å². The Kier molecular flexibility index (Phi) is 8.51. The predicted molar refractivity (Wildman–Crippen MR) is 133 cm³/mol. The molecule has 0 saturated heterocycles. The average molecular weight is 672 g/mol. The Morgan fingerprint density at radius 1 is 0.438 bits per heavy atom. The van der Waals surface area contributed by atoms with Crippen LogP contribution < -0.4 is 0 Å². The number of nitrogens with zero attached hydrogens (tertiary/aromatic N) is 6.